The summed E-state index contributed by atoms with van der Waals surface area (Å²) in [5.41, 5.74) is 0.584. The maximum absolute atomic E-state index is 12.7. The second-order valence-corrected chi connectivity index (χ2v) is 6.62. The lowest BCUT2D eigenvalue weighted by molar-refractivity contribution is -0.146. The Labute approximate surface area is 155 Å². The van der Waals surface area contributed by atoms with E-state index in [-0.39, 0.29) is 5.43 Å². The van der Waals surface area contributed by atoms with E-state index in [1.54, 1.807) is 23.1 Å². The zero-order valence-electron chi connectivity index (χ0n) is 15.2. The molecule has 0 fully saturated rings. The van der Waals surface area contributed by atoms with Gasteiger partial charge in [-0.25, -0.2) is 4.79 Å². The van der Waals surface area contributed by atoms with E-state index in [0.29, 0.717) is 17.8 Å². The van der Waals surface area contributed by atoms with Crippen molar-refractivity contribution in [3.8, 4) is 0 Å². The lowest BCUT2D eigenvalue weighted by Crippen LogP contribution is -2.58. The number of methoxy groups -OCH3 is 1. The van der Waals surface area contributed by atoms with E-state index >= 15 is 0 Å². The number of hydrogen-bond acceptors (Lipinski definition) is 5. The summed E-state index contributed by atoms with van der Waals surface area (Å²) in [6.45, 7) is 1.84. The molecule has 1 aromatic heterocycles. The van der Waals surface area contributed by atoms with E-state index in [0.717, 1.165) is 21.7 Å². The second-order valence-electron chi connectivity index (χ2n) is 6.62. The lowest BCUT2D eigenvalue weighted by Gasteiger charge is -2.42. The van der Waals surface area contributed by atoms with Crippen molar-refractivity contribution < 1.29 is 14.6 Å². The third kappa shape index (κ3) is 2.37. The van der Waals surface area contributed by atoms with Gasteiger partial charge in [0.1, 0.15) is 0 Å². The number of benzene rings is 1. The molecule has 2 N–H and O–H groups in total. The van der Waals surface area contributed by atoms with E-state index in [1.807, 2.05) is 31.3 Å². The van der Waals surface area contributed by atoms with Crippen molar-refractivity contribution in [2.75, 3.05) is 25.2 Å². The van der Waals surface area contributed by atoms with E-state index < -0.39 is 18.1 Å². The van der Waals surface area contributed by atoms with E-state index in [1.165, 1.54) is 13.2 Å². The average Bonchev–Trinajstić information content (AvgIpc) is 3.11. The van der Waals surface area contributed by atoms with Crippen molar-refractivity contribution in [2.24, 2.45) is 0 Å². The molecule has 6 heteroatoms. The molecule has 4 rings (SSSR count). The molecule has 0 bridgehead atoms. The van der Waals surface area contributed by atoms with Gasteiger partial charge in [0.15, 0.2) is 11.0 Å². The minimum absolute atomic E-state index is 0.143. The Hall–Kier alpha value is -3.12. The van der Waals surface area contributed by atoms with E-state index in [9.17, 15) is 14.7 Å². The number of carbonyl (C=O) groups is 1. The highest BCUT2D eigenvalue weighted by Gasteiger charge is 2.45. The van der Waals surface area contributed by atoms with Crippen LogP contribution in [0.2, 0.25) is 0 Å². The molecule has 1 aliphatic rings. The third-order valence-electron chi connectivity index (χ3n) is 5.29. The number of carbonyl (C=O) groups excluding carboxylic acids is 1. The fourth-order valence-corrected chi connectivity index (χ4v) is 3.94. The predicted molar refractivity (Wildman–Crippen MR) is 106 cm³/mol. The monoisotopic (exact) mass is 364 g/mol. The van der Waals surface area contributed by atoms with Crippen LogP contribution in [0.5, 0.6) is 0 Å². The Kier molecular flexibility index (Phi) is 4.00. The number of rotatable bonds is 3. The van der Waals surface area contributed by atoms with Crippen molar-refractivity contribution >= 4 is 39.4 Å². The summed E-state index contributed by atoms with van der Waals surface area (Å²) in [6.07, 6.45) is 5.05. The first kappa shape index (κ1) is 17.3. The van der Waals surface area contributed by atoms with Crippen molar-refractivity contribution in [2.45, 2.75) is 12.5 Å². The minimum atomic E-state index is -1.36. The van der Waals surface area contributed by atoms with Crippen molar-refractivity contribution in [3.05, 3.63) is 58.4 Å². The number of likely N-dealkylation sites (N-methyl/N-ethyl adjacent to an activating group) is 1. The van der Waals surface area contributed by atoms with Gasteiger partial charge >= 0.3 is 5.97 Å². The Morgan fingerprint density at radius 3 is 2.78 bits per heavy atom. The molecule has 1 atom stereocenters. The molecule has 1 aliphatic heterocycles. The maximum atomic E-state index is 12.7. The van der Waals surface area contributed by atoms with Crippen LogP contribution in [0.1, 0.15) is 12.5 Å². The molecule has 0 spiro atoms. The molecule has 3 aromatic rings. The van der Waals surface area contributed by atoms with Crippen LogP contribution in [0.15, 0.2) is 47.4 Å². The normalized spacial score (nSPS) is 18.7. The summed E-state index contributed by atoms with van der Waals surface area (Å²) >= 11 is 0. The first-order valence-electron chi connectivity index (χ1n) is 8.80. The predicted octanol–water partition coefficient (Wildman–Crippen LogP) is 2.44. The van der Waals surface area contributed by atoms with Gasteiger partial charge in [-0.1, -0.05) is 6.07 Å². The highest BCUT2D eigenvalue weighted by molar-refractivity contribution is 6.07. The van der Waals surface area contributed by atoms with Crippen LogP contribution in [0.4, 0.5) is 5.69 Å². The van der Waals surface area contributed by atoms with Crippen LogP contribution in [0.25, 0.3) is 27.8 Å². The van der Waals surface area contributed by atoms with Gasteiger partial charge in [-0.2, -0.15) is 0 Å². The fourth-order valence-electron chi connectivity index (χ4n) is 3.94. The zero-order valence-corrected chi connectivity index (χ0v) is 15.2. The molecular weight excluding hydrogens is 344 g/mol. The molecule has 138 valence electrons. The summed E-state index contributed by atoms with van der Waals surface area (Å²) in [5.74, 6) is -0.566. The van der Waals surface area contributed by atoms with Crippen LogP contribution in [-0.4, -0.2) is 41.9 Å². The van der Waals surface area contributed by atoms with E-state index in [4.69, 9.17) is 4.74 Å². The Bertz CT molecular complexity index is 1150. The molecule has 0 aliphatic carbocycles. The number of aliphatic hydroxyl groups excluding tert-OH is 1. The van der Waals surface area contributed by atoms with Crippen molar-refractivity contribution in [3.63, 3.8) is 0 Å². The van der Waals surface area contributed by atoms with Crippen molar-refractivity contribution in [1.82, 2.24) is 4.98 Å². The summed E-state index contributed by atoms with van der Waals surface area (Å²) in [6, 6.07) is 9.27. The number of aliphatic hydroxyl groups is 1. The molecule has 0 saturated carbocycles. The first-order chi connectivity index (χ1) is 13.1. The summed E-state index contributed by atoms with van der Waals surface area (Å²) in [4.78, 5) is 30.3. The Morgan fingerprint density at radius 1 is 1.26 bits per heavy atom. The van der Waals surface area contributed by atoms with Crippen LogP contribution in [-0.2, 0) is 9.53 Å². The summed E-state index contributed by atoms with van der Waals surface area (Å²) in [7, 11) is 1.29. The number of hydrogen-bond donors (Lipinski definition) is 2. The van der Waals surface area contributed by atoms with Gasteiger partial charge in [-0.3, -0.25) is 4.79 Å². The smallest absolute Gasteiger partial charge is 0.338 e. The number of aromatic nitrogens is 1. The standard InChI is InChI=1S/C21H20N2O4/c1-3-23-19-15(6-8-21(23,12-24)20(26)27-2)18(25)5-4-13-11-17-14(7-9-22-17)10-16(13)19/h4-11,22,24H,3,12H2,1-2H3. The number of H-pyrrole nitrogens is 1. The van der Waals surface area contributed by atoms with Crippen LogP contribution >= 0.6 is 0 Å². The highest BCUT2D eigenvalue weighted by Crippen LogP contribution is 2.39. The minimum Gasteiger partial charge on any atom is -0.467 e. The summed E-state index contributed by atoms with van der Waals surface area (Å²) in [5, 5.41) is 12.8. The number of anilines is 1. The van der Waals surface area contributed by atoms with Gasteiger partial charge in [0.25, 0.3) is 0 Å². The van der Waals surface area contributed by atoms with Gasteiger partial charge in [0.05, 0.1) is 19.4 Å². The molecule has 0 amide bonds. The van der Waals surface area contributed by atoms with Gasteiger partial charge in [-0.15, -0.1) is 0 Å². The third-order valence-corrected chi connectivity index (χ3v) is 5.29. The Balaban J connectivity index is 2.16. The fraction of sp³-hybridized carbons (Fsp3) is 0.238. The largest absolute Gasteiger partial charge is 0.467 e. The zero-order chi connectivity index (χ0) is 19.2. The molecular formula is C21H20N2O4. The van der Waals surface area contributed by atoms with Crippen LogP contribution < -0.4 is 10.3 Å². The quantitative estimate of drug-likeness (QED) is 0.698. The van der Waals surface area contributed by atoms with Crippen molar-refractivity contribution in [1.29, 1.82) is 0 Å². The van der Waals surface area contributed by atoms with Gasteiger partial charge in [-0.05, 0) is 48.7 Å². The molecule has 27 heavy (non-hydrogen) atoms. The maximum Gasteiger partial charge on any atom is 0.338 e. The number of nitrogens with zero attached hydrogens (tertiary/aromatic N) is 1. The highest BCUT2D eigenvalue weighted by atomic mass is 16.5. The SMILES string of the molecule is CCN1c2c(c(=O)ccc3cc4[nH]ccc4cc23)C=CC1(CO)C(=O)OC. The number of nitrogens with one attached hydrogen (secondary N) is 1. The molecule has 2 aromatic carbocycles. The molecule has 6 nitrogen and oxygen atoms in total. The number of ether oxygens (including phenoxy) is 1. The lowest BCUT2D eigenvalue weighted by atomic mass is 9.90. The summed E-state index contributed by atoms with van der Waals surface area (Å²) < 4.78 is 4.98. The van der Waals surface area contributed by atoms with Gasteiger partial charge < -0.3 is 19.7 Å². The van der Waals surface area contributed by atoms with E-state index in [2.05, 4.69) is 4.98 Å². The molecule has 0 radical (unpaired) electrons. The van der Waals surface area contributed by atoms with Gasteiger partial charge in [0, 0.05) is 34.6 Å². The first-order valence-corrected chi connectivity index (χ1v) is 8.80. The number of aromatic amines is 1. The topological polar surface area (TPSA) is 82.6 Å². The van der Waals surface area contributed by atoms with Gasteiger partial charge in [0.2, 0.25) is 0 Å². The molecule has 1 unspecified atom stereocenters. The molecule has 2 heterocycles. The number of esters is 1. The second kappa shape index (κ2) is 6.25. The average molecular weight is 364 g/mol. The van der Waals surface area contributed by atoms with Crippen LogP contribution in [0.3, 0.4) is 0 Å². The number of fused-ring (bicyclic) bond motifs is 4. The van der Waals surface area contributed by atoms with Crippen LogP contribution in [0, 0.1) is 0 Å². The Morgan fingerprint density at radius 2 is 2.07 bits per heavy atom. The molecule has 0 saturated heterocycles.